The summed E-state index contributed by atoms with van der Waals surface area (Å²) in [5.74, 6) is 0.840. The van der Waals surface area contributed by atoms with E-state index in [0.29, 0.717) is 29.1 Å². The standard InChI is InChI=1S/C17H20N2O3/c20-16(10-9-12-5-1-2-6-12)22-11-15-18-14-8-4-3-7-13(14)17(21)19-15/h3-4,7-8,12H,1-2,5-6,9-11H2,(H,18,19,21). The first-order chi connectivity index (χ1) is 10.7. The van der Waals surface area contributed by atoms with Crippen LogP contribution in [0.1, 0.15) is 44.3 Å². The zero-order valence-corrected chi connectivity index (χ0v) is 12.5. The summed E-state index contributed by atoms with van der Waals surface area (Å²) in [7, 11) is 0. The van der Waals surface area contributed by atoms with Crippen molar-refractivity contribution in [3.05, 3.63) is 40.4 Å². The van der Waals surface area contributed by atoms with Gasteiger partial charge in [0.1, 0.15) is 12.4 Å². The first kappa shape index (κ1) is 14.8. The van der Waals surface area contributed by atoms with E-state index < -0.39 is 0 Å². The van der Waals surface area contributed by atoms with Gasteiger partial charge < -0.3 is 9.72 Å². The average Bonchev–Trinajstić information content (AvgIpc) is 3.04. The minimum absolute atomic E-state index is 0.0174. The van der Waals surface area contributed by atoms with Gasteiger partial charge in [-0.2, -0.15) is 0 Å². The number of fused-ring (bicyclic) bond motifs is 1. The molecule has 22 heavy (non-hydrogen) atoms. The van der Waals surface area contributed by atoms with E-state index in [1.165, 1.54) is 25.7 Å². The van der Waals surface area contributed by atoms with E-state index in [4.69, 9.17) is 4.74 Å². The number of rotatable bonds is 5. The molecule has 0 atom stereocenters. The summed E-state index contributed by atoms with van der Waals surface area (Å²) in [5.41, 5.74) is 0.408. The molecule has 1 aromatic heterocycles. The van der Waals surface area contributed by atoms with Gasteiger partial charge in [-0.3, -0.25) is 9.59 Å². The Morgan fingerprint density at radius 2 is 2.05 bits per heavy atom. The van der Waals surface area contributed by atoms with Crippen LogP contribution in [0.15, 0.2) is 29.1 Å². The molecule has 1 aromatic carbocycles. The summed E-state index contributed by atoms with van der Waals surface area (Å²) in [6.45, 7) is 0.0174. The van der Waals surface area contributed by atoms with E-state index in [9.17, 15) is 9.59 Å². The Balaban J connectivity index is 1.56. The Morgan fingerprint density at radius 1 is 1.27 bits per heavy atom. The van der Waals surface area contributed by atoms with Gasteiger partial charge in [-0.1, -0.05) is 37.8 Å². The van der Waals surface area contributed by atoms with Gasteiger partial charge in [-0.25, -0.2) is 4.98 Å². The quantitative estimate of drug-likeness (QED) is 0.862. The molecule has 1 aliphatic rings. The van der Waals surface area contributed by atoms with Gasteiger partial charge in [0.15, 0.2) is 0 Å². The summed E-state index contributed by atoms with van der Waals surface area (Å²) >= 11 is 0. The second-order valence-electron chi connectivity index (χ2n) is 5.88. The third kappa shape index (κ3) is 3.53. The molecule has 5 nitrogen and oxygen atoms in total. The van der Waals surface area contributed by atoms with E-state index in [0.717, 1.165) is 6.42 Å². The number of aromatic nitrogens is 2. The smallest absolute Gasteiger partial charge is 0.306 e. The molecule has 1 saturated carbocycles. The van der Waals surface area contributed by atoms with Crippen LogP contribution in [0, 0.1) is 5.92 Å². The zero-order chi connectivity index (χ0) is 15.4. The Hall–Kier alpha value is -2.17. The van der Waals surface area contributed by atoms with Gasteiger partial charge >= 0.3 is 5.97 Å². The van der Waals surface area contributed by atoms with E-state index >= 15 is 0 Å². The number of nitrogens with one attached hydrogen (secondary N) is 1. The molecule has 0 spiro atoms. The van der Waals surface area contributed by atoms with Crippen molar-refractivity contribution in [1.82, 2.24) is 9.97 Å². The van der Waals surface area contributed by atoms with Crippen LogP contribution in [0.2, 0.25) is 0 Å². The third-order valence-corrected chi connectivity index (χ3v) is 4.26. The molecule has 0 aliphatic heterocycles. The number of para-hydroxylation sites is 1. The number of ether oxygens (including phenoxy) is 1. The molecule has 0 bridgehead atoms. The van der Waals surface area contributed by atoms with Gasteiger partial charge in [-0.05, 0) is 24.5 Å². The van der Waals surface area contributed by atoms with Crippen molar-refractivity contribution < 1.29 is 9.53 Å². The predicted molar refractivity (Wildman–Crippen MR) is 83.4 cm³/mol. The van der Waals surface area contributed by atoms with Crippen molar-refractivity contribution >= 4 is 16.9 Å². The molecule has 0 saturated heterocycles. The maximum absolute atomic E-state index is 11.9. The molecule has 5 heteroatoms. The molecule has 0 unspecified atom stereocenters. The number of aromatic amines is 1. The average molecular weight is 300 g/mol. The maximum atomic E-state index is 11.9. The Bertz CT molecular complexity index is 717. The minimum Gasteiger partial charge on any atom is -0.458 e. The lowest BCUT2D eigenvalue weighted by molar-refractivity contribution is -0.145. The van der Waals surface area contributed by atoms with Crippen LogP contribution in [0.4, 0.5) is 0 Å². The van der Waals surface area contributed by atoms with Gasteiger partial charge in [0.2, 0.25) is 0 Å². The normalized spacial score (nSPS) is 15.3. The third-order valence-electron chi connectivity index (χ3n) is 4.26. The Morgan fingerprint density at radius 3 is 2.86 bits per heavy atom. The molecule has 3 rings (SSSR count). The summed E-state index contributed by atoms with van der Waals surface area (Å²) in [5, 5.41) is 0.541. The van der Waals surface area contributed by atoms with E-state index in [1.807, 2.05) is 6.07 Å². The van der Waals surface area contributed by atoms with Crippen LogP contribution in [0.3, 0.4) is 0 Å². The molecule has 116 valence electrons. The SMILES string of the molecule is O=C(CCC1CCCC1)OCc1nc2ccccc2c(=O)[nH]1. The number of carbonyl (C=O) groups is 1. The molecular formula is C17H20N2O3. The van der Waals surface area contributed by atoms with Crippen molar-refractivity contribution in [3.8, 4) is 0 Å². The highest BCUT2D eigenvalue weighted by molar-refractivity contribution is 5.77. The van der Waals surface area contributed by atoms with Crippen molar-refractivity contribution in [1.29, 1.82) is 0 Å². The number of H-pyrrole nitrogens is 1. The fourth-order valence-corrected chi connectivity index (χ4v) is 3.05. The molecular weight excluding hydrogens is 280 g/mol. The number of hydrogen-bond acceptors (Lipinski definition) is 4. The summed E-state index contributed by atoms with van der Waals surface area (Å²) in [4.78, 5) is 30.7. The van der Waals surface area contributed by atoms with Crippen LogP contribution >= 0.6 is 0 Å². The molecule has 0 radical (unpaired) electrons. The molecule has 1 heterocycles. The van der Waals surface area contributed by atoms with Crippen molar-refractivity contribution in [2.75, 3.05) is 0 Å². The molecule has 2 aromatic rings. The van der Waals surface area contributed by atoms with E-state index in [1.54, 1.807) is 18.2 Å². The summed E-state index contributed by atoms with van der Waals surface area (Å²) in [6.07, 6.45) is 6.37. The van der Waals surface area contributed by atoms with Crippen LogP contribution in [0.5, 0.6) is 0 Å². The Kier molecular flexibility index (Phi) is 4.51. The van der Waals surface area contributed by atoms with Crippen molar-refractivity contribution in [3.63, 3.8) is 0 Å². The highest BCUT2D eigenvalue weighted by Crippen LogP contribution is 2.28. The number of carbonyl (C=O) groups excluding carboxylic acids is 1. The molecule has 1 aliphatic carbocycles. The van der Waals surface area contributed by atoms with Gasteiger partial charge in [0, 0.05) is 6.42 Å². The van der Waals surface area contributed by atoms with Crippen LogP contribution in [-0.2, 0) is 16.1 Å². The molecule has 1 fully saturated rings. The topological polar surface area (TPSA) is 72.0 Å². The van der Waals surface area contributed by atoms with Crippen LogP contribution in [0.25, 0.3) is 10.9 Å². The van der Waals surface area contributed by atoms with Crippen molar-refractivity contribution in [2.45, 2.75) is 45.1 Å². The highest BCUT2D eigenvalue weighted by Gasteiger charge is 2.16. The van der Waals surface area contributed by atoms with Crippen LogP contribution < -0.4 is 5.56 Å². The second kappa shape index (κ2) is 6.73. The fourth-order valence-electron chi connectivity index (χ4n) is 3.05. The minimum atomic E-state index is -0.220. The van der Waals surface area contributed by atoms with E-state index in [2.05, 4.69) is 9.97 Å². The first-order valence-corrected chi connectivity index (χ1v) is 7.86. The Labute approximate surface area is 128 Å². The largest absolute Gasteiger partial charge is 0.458 e. The number of esters is 1. The lowest BCUT2D eigenvalue weighted by Gasteiger charge is -2.08. The number of hydrogen-bond donors (Lipinski definition) is 1. The molecule has 0 amide bonds. The van der Waals surface area contributed by atoms with Gasteiger partial charge in [-0.15, -0.1) is 0 Å². The number of benzene rings is 1. The monoisotopic (exact) mass is 300 g/mol. The van der Waals surface area contributed by atoms with Gasteiger partial charge in [0.25, 0.3) is 5.56 Å². The fraction of sp³-hybridized carbons (Fsp3) is 0.471. The summed E-state index contributed by atoms with van der Waals surface area (Å²) < 4.78 is 5.22. The molecule has 1 N–H and O–H groups in total. The summed E-state index contributed by atoms with van der Waals surface area (Å²) in [6, 6.07) is 7.11. The predicted octanol–water partition coefficient (Wildman–Crippen LogP) is 2.94. The lowest BCUT2D eigenvalue weighted by atomic mass is 10.0. The second-order valence-corrected chi connectivity index (χ2v) is 5.88. The van der Waals surface area contributed by atoms with Crippen LogP contribution in [-0.4, -0.2) is 15.9 Å². The first-order valence-electron chi connectivity index (χ1n) is 7.86. The van der Waals surface area contributed by atoms with Gasteiger partial charge in [0.05, 0.1) is 10.9 Å². The number of nitrogens with zero attached hydrogens (tertiary/aromatic N) is 1. The highest BCUT2D eigenvalue weighted by atomic mass is 16.5. The maximum Gasteiger partial charge on any atom is 0.306 e. The van der Waals surface area contributed by atoms with E-state index in [-0.39, 0.29) is 18.1 Å². The zero-order valence-electron chi connectivity index (χ0n) is 12.5. The lowest BCUT2D eigenvalue weighted by Crippen LogP contribution is -2.14. The van der Waals surface area contributed by atoms with Crippen molar-refractivity contribution in [2.24, 2.45) is 5.92 Å².